The number of thiophene rings is 1. The van der Waals surface area contributed by atoms with E-state index in [1.54, 1.807) is 23.1 Å². The van der Waals surface area contributed by atoms with E-state index in [1.807, 2.05) is 32.0 Å². The highest BCUT2D eigenvalue weighted by atomic mass is 32.2. The number of thioether (sulfide) groups is 1. The van der Waals surface area contributed by atoms with E-state index in [4.69, 9.17) is 0 Å². The molecule has 2 aromatic rings. The van der Waals surface area contributed by atoms with Crippen molar-refractivity contribution in [2.45, 2.75) is 29.5 Å². The van der Waals surface area contributed by atoms with Crippen LogP contribution in [0.2, 0.25) is 0 Å². The molecule has 0 unspecified atom stereocenters. The standard InChI is InChI=1S/C13H18N4OS3/c1-4-10(17(2)3)11(18)14-12-15-16-13(21-12)20-8-9-6-5-7-19-9/h5-7,10H,4,8H2,1-3H3,(H,14,15,18)/t10-/m0/s1. The second kappa shape index (κ2) is 7.88. The summed E-state index contributed by atoms with van der Waals surface area (Å²) in [4.78, 5) is 15.3. The SMILES string of the molecule is CC[C@@H](C(=O)Nc1nnc(SCc2cccs2)s1)N(C)C. The Bertz CT molecular complexity index is 568. The first-order valence-electron chi connectivity index (χ1n) is 6.56. The van der Waals surface area contributed by atoms with Gasteiger partial charge in [0.25, 0.3) is 0 Å². The summed E-state index contributed by atoms with van der Waals surface area (Å²) in [5.74, 6) is 0.851. The molecule has 8 heteroatoms. The number of nitrogens with one attached hydrogen (secondary N) is 1. The minimum absolute atomic E-state index is 0.0338. The number of nitrogens with zero attached hydrogens (tertiary/aromatic N) is 3. The maximum absolute atomic E-state index is 12.1. The van der Waals surface area contributed by atoms with Crippen LogP contribution in [-0.2, 0) is 10.5 Å². The lowest BCUT2D eigenvalue weighted by atomic mass is 10.2. The van der Waals surface area contributed by atoms with Gasteiger partial charge in [0.2, 0.25) is 11.0 Å². The Morgan fingerprint density at radius 3 is 2.90 bits per heavy atom. The molecule has 5 nitrogen and oxygen atoms in total. The van der Waals surface area contributed by atoms with E-state index >= 15 is 0 Å². The van der Waals surface area contributed by atoms with Crippen molar-refractivity contribution in [2.24, 2.45) is 0 Å². The van der Waals surface area contributed by atoms with Gasteiger partial charge in [-0.3, -0.25) is 15.0 Å². The Morgan fingerprint density at radius 1 is 1.48 bits per heavy atom. The molecule has 21 heavy (non-hydrogen) atoms. The number of carbonyl (C=O) groups is 1. The molecule has 2 aromatic heterocycles. The number of aromatic nitrogens is 2. The molecule has 1 amide bonds. The second-order valence-electron chi connectivity index (χ2n) is 4.62. The number of likely N-dealkylation sites (N-methyl/N-ethyl adjacent to an activating group) is 1. The van der Waals surface area contributed by atoms with E-state index < -0.39 is 0 Å². The Labute approximate surface area is 136 Å². The quantitative estimate of drug-likeness (QED) is 0.619. The Balaban J connectivity index is 1.89. The fraction of sp³-hybridized carbons (Fsp3) is 0.462. The molecule has 0 bridgehead atoms. The molecule has 0 aliphatic heterocycles. The van der Waals surface area contributed by atoms with Crippen molar-refractivity contribution >= 4 is 45.5 Å². The van der Waals surface area contributed by atoms with Gasteiger partial charge in [-0.05, 0) is 32.0 Å². The lowest BCUT2D eigenvalue weighted by molar-refractivity contribution is -0.120. The number of hydrogen-bond acceptors (Lipinski definition) is 7. The first-order chi connectivity index (χ1) is 10.1. The van der Waals surface area contributed by atoms with Crippen LogP contribution >= 0.6 is 34.4 Å². The van der Waals surface area contributed by atoms with E-state index in [0.29, 0.717) is 5.13 Å². The fourth-order valence-electron chi connectivity index (χ4n) is 1.82. The summed E-state index contributed by atoms with van der Waals surface area (Å²) < 4.78 is 0.872. The van der Waals surface area contributed by atoms with Crippen molar-refractivity contribution in [1.82, 2.24) is 15.1 Å². The molecule has 0 radical (unpaired) electrons. The summed E-state index contributed by atoms with van der Waals surface area (Å²) in [6.07, 6.45) is 0.762. The van der Waals surface area contributed by atoms with E-state index in [2.05, 4.69) is 27.0 Å². The molecule has 114 valence electrons. The van der Waals surface area contributed by atoms with Crippen LogP contribution in [0, 0.1) is 0 Å². The molecule has 1 atom stereocenters. The van der Waals surface area contributed by atoms with Gasteiger partial charge >= 0.3 is 0 Å². The molecule has 2 rings (SSSR count). The van der Waals surface area contributed by atoms with Gasteiger partial charge in [0.1, 0.15) is 0 Å². The van der Waals surface area contributed by atoms with E-state index in [-0.39, 0.29) is 11.9 Å². The average Bonchev–Trinajstić information content (AvgIpc) is 3.07. The van der Waals surface area contributed by atoms with Gasteiger partial charge in [0.15, 0.2) is 4.34 Å². The predicted molar refractivity (Wildman–Crippen MR) is 90.2 cm³/mol. The molecule has 0 aromatic carbocycles. The molecular weight excluding hydrogens is 324 g/mol. The zero-order valence-corrected chi connectivity index (χ0v) is 14.6. The summed E-state index contributed by atoms with van der Waals surface area (Å²) in [5.41, 5.74) is 0. The number of anilines is 1. The number of carbonyl (C=O) groups excluding carboxylic acids is 1. The van der Waals surface area contributed by atoms with Crippen LogP contribution in [-0.4, -0.2) is 41.1 Å². The summed E-state index contributed by atoms with van der Waals surface area (Å²) in [6.45, 7) is 1.99. The summed E-state index contributed by atoms with van der Waals surface area (Å²) in [7, 11) is 3.80. The average molecular weight is 343 g/mol. The maximum Gasteiger partial charge on any atom is 0.243 e. The molecular formula is C13H18N4OS3. The third-order valence-corrected chi connectivity index (χ3v) is 5.95. The Morgan fingerprint density at radius 2 is 2.29 bits per heavy atom. The summed E-state index contributed by atoms with van der Waals surface area (Å²) in [5, 5.41) is 13.6. The van der Waals surface area contributed by atoms with E-state index in [1.165, 1.54) is 16.2 Å². The number of hydrogen-bond donors (Lipinski definition) is 1. The van der Waals surface area contributed by atoms with Gasteiger partial charge < -0.3 is 0 Å². The molecule has 0 aliphatic rings. The Kier molecular flexibility index (Phi) is 6.16. The van der Waals surface area contributed by atoms with Crippen molar-refractivity contribution in [1.29, 1.82) is 0 Å². The van der Waals surface area contributed by atoms with Crippen molar-refractivity contribution in [3.8, 4) is 0 Å². The van der Waals surface area contributed by atoms with Crippen molar-refractivity contribution in [2.75, 3.05) is 19.4 Å². The first kappa shape index (κ1) is 16.4. The lowest BCUT2D eigenvalue weighted by Gasteiger charge is -2.20. The van der Waals surface area contributed by atoms with E-state index in [0.717, 1.165) is 16.5 Å². The highest BCUT2D eigenvalue weighted by molar-refractivity contribution is 8.00. The number of amides is 1. The van der Waals surface area contributed by atoms with Crippen LogP contribution in [0.4, 0.5) is 5.13 Å². The van der Waals surface area contributed by atoms with Gasteiger partial charge in [-0.15, -0.1) is 21.5 Å². The summed E-state index contributed by atoms with van der Waals surface area (Å²) in [6, 6.07) is 4.00. The van der Waals surface area contributed by atoms with Crippen molar-refractivity contribution < 1.29 is 4.79 Å². The molecule has 0 fully saturated rings. The Hall–Kier alpha value is -0.960. The predicted octanol–water partition coefficient (Wildman–Crippen LogP) is 3.17. The van der Waals surface area contributed by atoms with Crippen LogP contribution in [0.5, 0.6) is 0 Å². The molecule has 0 saturated carbocycles. The van der Waals surface area contributed by atoms with Gasteiger partial charge in [-0.1, -0.05) is 36.1 Å². The fourth-order valence-corrected chi connectivity index (χ4v) is 4.35. The third kappa shape index (κ3) is 4.77. The smallest absolute Gasteiger partial charge is 0.243 e. The first-order valence-corrected chi connectivity index (χ1v) is 9.24. The van der Waals surface area contributed by atoms with Crippen LogP contribution in [0.1, 0.15) is 18.2 Å². The zero-order chi connectivity index (χ0) is 15.2. The van der Waals surface area contributed by atoms with Gasteiger partial charge in [-0.2, -0.15) is 0 Å². The second-order valence-corrected chi connectivity index (χ2v) is 7.85. The number of rotatable bonds is 7. The monoisotopic (exact) mass is 342 g/mol. The minimum Gasteiger partial charge on any atom is -0.299 e. The van der Waals surface area contributed by atoms with Crippen molar-refractivity contribution in [3.63, 3.8) is 0 Å². The molecule has 0 aliphatic carbocycles. The van der Waals surface area contributed by atoms with Crippen LogP contribution < -0.4 is 5.32 Å². The summed E-state index contributed by atoms with van der Waals surface area (Å²) >= 11 is 4.79. The van der Waals surface area contributed by atoms with Crippen LogP contribution in [0.25, 0.3) is 0 Å². The highest BCUT2D eigenvalue weighted by Crippen LogP contribution is 2.29. The maximum atomic E-state index is 12.1. The molecule has 0 saturated heterocycles. The molecule has 1 N–H and O–H groups in total. The highest BCUT2D eigenvalue weighted by Gasteiger charge is 2.20. The van der Waals surface area contributed by atoms with Gasteiger partial charge in [0.05, 0.1) is 6.04 Å². The molecule has 2 heterocycles. The largest absolute Gasteiger partial charge is 0.299 e. The van der Waals surface area contributed by atoms with Crippen LogP contribution in [0.15, 0.2) is 21.9 Å². The van der Waals surface area contributed by atoms with Crippen molar-refractivity contribution in [3.05, 3.63) is 22.4 Å². The minimum atomic E-state index is -0.142. The lowest BCUT2D eigenvalue weighted by Crippen LogP contribution is -2.39. The normalized spacial score (nSPS) is 12.6. The molecule has 0 spiro atoms. The van der Waals surface area contributed by atoms with E-state index in [9.17, 15) is 4.79 Å². The topological polar surface area (TPSA) is 58.1 Å². The third-order valence-electron chi connectivity index (χ3n) is 2.87. The zero-order valence-electron chi connectivity index (χ0n) is 12.2. The van der Waals surface area contributed by atoms with Gasteiger partial charge in [-0.25, -0.2) is 0 Å². The van der Waals surface area contributed by atoms with Crippen LogP contribution in [0.3, 0.4) is 0 Å². The van der Waals surface area contributed by atoms with Gasteiger partial charge in [0, 0.05) is 10.6 Å².